The van der Waals surface area contributed by atoms with Gasteiger partial charge in [-0.05, 0) is 19.3 Å². The average molecular weight is 207 g/mol. The summed E-state index contributed by atoms with van der Waals surface area (Å²) in [6.45, 7) is 2.24. The highest BCUT2D eigenvalue weighted by Crippen LogP contribution is 2.23. The molecule has 0 aromatic carbocycles. The zero-order valence-electron chi connectivity index (χ0n) is 9.74. The van der Waals surface area contributed by atoms with Crippen LogP contribution in [0.15, 0.2) is 12.4 Å². The largest absolute Gasteiger partial charge is 0.307 e. The van der Waals surface area contributed by atoms with Crippen molar-refractivity contribution in [3.05, 3.63) is 18.0 Å². The average Bonchev–Trinajstić information content (AvgIpc) is 2.85. The topological polar surface area (TPSA) is 29.9 Å². The van der Waals surface area contributed by atoms with Crippen LogP contribution in [0.25, 0.3) is 0 Å². The van der Waals surface area contributed by atoms with Gasteiger partial charge in [-0.1, -0.05) is 19.8 Å². The number of nitrogens with zero attached hydrogens (tertiary/aromatic N) is 2. The Morgan fingerprint density at radius 3 is 2.80 bits per heavy atom. The molecule has 1 atom stereocenters. The number of hydrogen-bond acceptors (Lipinski definition) is 2. The number of nitrogens with one attached hydrogen (secondary N) is 1. The molecular formula is C12H21N3. The number of rotatable bonds is 4. The lowest BCUT2D eigenvalue weighted by Gasteiger charge is -2.20. The summed E-state index contributed by atoms with van der Waals surface area (Å²) in [5.74, 6) is 0. The van der Waals surface area contributed by atoms with Gasteiger partial charge in [0.1, 0.15) is 0 Å². The van der Waals surface area contributed by atoms with Gasteiger partial charge in [-0.3, -0.25) is 4.68 Å². The van der Waals surface area contributed by atoms with E-state index in [1.165, 1.54) is 31.2 Å². The van der Waals surface area contributed by atoms with Crippen molar-refractivity contribution in [3.8, 4) is 0 Å². The van der Waals surface area contributed by atoms with E-state index in [-0.39, 0.29) is 0 Å². The highest BCUT2D eigenvalue weighted by Gasteiger charge is 2.19. The first-order chi connectivity index (χ1) is 7.29. The summed E-state index contributed by atoms with van der Waals surface area (Å²) in [4.78, 5) is 0. The first kappa shape index (κ1) is 10.7. The molecule has 1 aromatic rings. The highest BCUT2D eigenvalue weighted by molar-refractivity contribution is 5.10. The van der Waals surface area contributed by atoms with Gasteiger partial charge in [-0.25, -0.2) is 0 Å². The first-order valence-corrected chi connectivity index (χ1v) is 6.04. The van der Waals surface area contributed by atoms with E-state index in [0.29, 0.717) is 6.04 Å². The van der Waals surface area contributed by atoms with Gasteiger partial charge >= 0.3 is 0 Å². The molecular weight excluding hydrogens is 186 g/mol. The third-order valence-electron chi connectivity index (χ3n) is 3.33. The van der Waals surface area contributed by atoms with Gasteiger partial charge in [-0.15, -0.1) is 0 Å². The minimum atomic E-state index is 0.488. The van der Waals surface area contributed by atoms with E-state index in [1.807, 2.05) is 17.9 Å². The SMILES string of the molecule is CCC(NC1CCCC1)c1cnn(C)c1. The first-order valence-electron chi connectivity index (χ1n) is 6.04. The molecule has 0 amide bonds. The van der Waals surface area contributed by atoms with E-state index in [9.17, 15) is 0 Å². The molecule has 0 saturated heterocycles. The van der Waals surface area contributed by atoms with Crippen molar-refractivity contribution < 1.29 is 0 Å². The van der Waals surface area contributed by atoms with Crippen molar-refractivity contribution in [1.29, 1.82) is 0 Å². The third-order valence-corrected chi connectivity index (χ3v) is 3.33. The standard InChI is InChI=1S/C12H21N3/c1-3-12(10-8-13-15(2)9-10)14-11-6-4-5-7-11/h8-9,11-12,14H,3-7H2,1-2H3. The fourth-order valence-corrected chi connectivity index (χ4v) is 2.45. The molecule has 3 nitrogen and oxygen atoms in total. The second-order valence-corrected chi connectivity index (χ2v) is 4.56. The molecule has 1 aliphatic rings. The van der Waals surface area contributed by atoms with Gasteiger partial charge in [0.05, 0.1) is 6.20 Å². The van der Waals surface area contributed by atoms with Crippen LogP contribution in [-0.4, -0.2) is 15.8 Å². The Morgan fingerprint density at radius 1 is 1.53 bits per heavy atom. The Morgan fingerprint density at radius 2 is 2.27 bits per heavy atom. The van der Waals surface area contributed by atoms with Gasteiger partial charge < -0.3 is 5.32 Å². The van der Waals surface area contributed by atoms with Crippen molar-refractivity contribution in [2.75, 3.05) is 0 Å². The summed E-state index contributed by atoms with van der Waals surface area (Å²) in [5.41, 5.74) is 1.33. The summed E-state index contributed by atoms with van der Waals surface area (Å²) in [6.07, 6.45) is 10.7. The lowest BCUT2D eigenvalue weighted by molar-refractivity contribution is 0.430. The molecule has 1 heterocycles. The molecule has 0 bridgehead atoms. The van der Waals surface area contributed by atoms with E-state index in [4.69, 9.17) is 0 Å². The van der Waals surface area contributed by atoms with E-state index >= 15 is 0 Å². The van der Waals surface area contributed by atoms with E-state index in [0.717, 1.165) is 12.5 Å². The summed E-state index contributed by atoms with van der Waals surface area (Å²) in [5, 5.41) is 7.98. The lowest BCUT2D eigenvalue weighted by atomic mass is 10.1. The van der Waals surface area contributed by atoms with E-state index < -0.39 is 0 Å². The van der Waals surface area contributed by atoms with Crippen LogP contribution in [0.4, 0.5) is 0 Å². The monoisotopic (exact) mass is 207 g/mol. The Bertz CT molecular complexity index is 300. The van der Waals surface area contributed by atoms with Crippen molar-refractivity contribution in [1.82, 2.24) is 15.1 Å². The fraction of sp³-hybridized carbons (Fsp3) is 0.750. The van der Waals surface area contributed by atoms with Gasteiger partial charge in [-0.2, -0.15) is 5.10 Å². The second kappa shape index (κ2) is 4.79. The van der Waals surface area contributed by atoms with Gasteiger partial charge in [0.15, 0.2) is 0 Å². The van der Waals surface area contributed by atoms with Crippen molar-refractivity contribution >= 4 is 0 Å². The number of aryl methyl sites for hydroxylation is 1. The maximum absolute atomic E-state index is 4.24. The Labute approximate surface area is 91.9 Å². The molecule has 1 aromatic heterocycles. The van der Waals surface area contributed by atoms with Crippen LogP contribution < -0.4 is 5.32 Å². The molecule has 3 heteroatoms. The molecule has 2 rings (SSSR count). The zero-order valence-corrected chi connectivity index (χ0v) is 9.74. The van der Waals surface area contributed by atoms with Crippen LogP contribution in [0.2, 0.25) is 0 Å². The highest BCUT2D eigenvalue weighted by atomic mass is 15.2. The molecule has 84 valence electrons. The molecule has 0 spiro atoms. The van der Waals surface area contributed by atoms with Crippen LogP contribution in [0.3, 0.4) is 0 Å². The third kappa shape index (κ3) is 2.59. The lowest BCUT2D eigenvalue weighted by Crippen LogP contribution is -2.30. The number of hydrogen-bond donors (Lipinski definition) is 1. The molecule has 1 fully saturated rings. The van der Waals surface area contributed by atoms with Crippen molar-refractivity contribution in [2.45, 2.75) is 51.1 Å². The van der Waals surface area contributed by atoms with E-state index in [1.54, 1.807) is 0 Å². The summed E-state index contributed by atoms with van der Waals surface area (Å²) < 4.78 is 1.88. The summed E-state index contributed by atoms with van der Waals surface area (Å²) in [6, 6.07) is 1.22. The van der Waals surface area contributed by atoms with Crippen LogP contribution in [0.5, 0.6) is 0 Å². The van der Waals surface area contributed by atoms with Gasteiger partial charge in [0.25, 0.3) is 0 Å². The normalized spacial score (nSPS) is 19.6. The van der Waals surface area contributed by atoms with Crippen LogP contribution in [-0.2, 0) is 7.05 Å². The molecule has 0 aliphatic heterocycles. The van der Waals surface area contributed by atoms with Gasteiger partial charge in [0.2, 0.25) is 0 Å². The summed E-state index contributed by atoms with van der Waals surface area (Å²) >= 11 is 0. The minimum absolute atomic E-state index is 0.488. The van der Waals surface area contributed by atoms with Gasteiger partial charge in [0, 0.05) is 30.9 Å². The van der Waals surface area contributed by atoms with Crippen molar-refractivity contribution in [3.63, 3.8) is 0 Å². The van der Waals surface area contributed by atoms with Crippen molar-refractivity contribution in [2.24, 2.45) is 7.05 Å². The quantitative estimate of drug-likeness (QED) is 0.821. The summed E-state index contributed by atoms with van der Waals surface area (Å²) in [7, 11) is 1.98. The maximum Gasteiger partial charge on any atom is 0.0537 e. The second-order valence-electron chi connectivity index (χ2n) is 4.56. The predicted octanol–water partition coefficient (Wildman–Crippen LogP) is 2.40. The zero-order chi connectivity index (χ0) is 10.7. The Kier molecular flexibility index (Phi) is 3.41. The Balaban J connectivity index is 1.97. The maximum atomic E-state index is 4.24. The van der Waals surface area contributed by atoms with E-state index in [2.05, 4.69) is 23.5 Å². The molecule has 15 heavy (non-hydrogen) atoms. The minimum Gasteiger partial charge on any atom is -0.307 e. The van der Waals surface area contributed by atoms with Crippen LogP contribution >= 0.6 is 0 Å². The molecule has 1 aliphatic carbocycles. The number of aromatic nitrogens is 2. The van der Waals surface area contributed by atoms with Crippen LogP contribution in [0, 0.1) is 0 Å². The molecule has 1 N–H and O–H groups in total. The smallest absolute Gasteiger partial charge is 0.0537 e. The molecule has 0 radical (unpaired) electrons. The van der Waals surface area contributed by atoms with Crippen LogP contribution in [0.1, 0.15) is 50.6 Å². The molecule has 1 saturated carbocycles. The fourth-order valence-electron chi connectivity index (χ4n) is 2.45. The molecule has 1 unspecified atom stereocenters. The predicted molar refractivity (Wildman–Crippen MR) is 61.6 cm³/mol. The Hall–Kier alpha value is -0.830.